The number of rotatable bonds is 4. The minimum Gasteiger partial charge on any atom is -0.334 e. The molecule has 3 heterocycles. The molecule has 3 aromatic rings. The fourth-order valence-electron chi connectivity index (χ4n) is 3.18. The second-order valence-corrected chi connectivity index (χ2v) is 6.75. The molecule has 2 aromatic heterocycles. The van der Waals surface area contributed by atoms with Crippen LogP contribution in [0.3, 0.4) is 0 Å². The van der Waals surface area contributed by atoms with Gasteiger partial charge in [0.2, 0.25) is 0 Å². The molecule has 0 N–H and O–H groups in total. The van der Waals surface area contributed by atoms with Crippen LogP contribution in [0.5, 0.6) is 0 Å². The van der Waals surface area contributed by atoms with E-state index in [-0.39, 0.29) is 0 Å². The number of benzene rings is 1. The van der Waals surface area contributed by atoms with Crippen molar-refractivity contribution in [3.8, 4) is 11.5 Å². The molecule has 1 aromatic carbocycles. The lowest BCUT2D eigenvalue weighted by Crippen LogP contribution is -2.35. The molecule has 4 rings (SSSR count). The molecule has 1 unspecified atom stereocenters. The van der Waals surface area contributed by atoms with E-state index in [0.717, 1.165) is 43.0 Å². The summed E-state index contributed by atoms with van der Waals surface area (Å²) < 4.78 is 9.41. The van der Waals surface area contributed by atoms with Crippen LogP contribution in [0.25, 0.3) is 11.5 Å². The topological polar surface area (TPSA) is 67.9 Å². The molecule has 7 heteroatoms. The standard InChI is InChI=1S/C17H19N5OS/c1-12(15-11-24-21-19-15)22-9-7-13(8-10-22)16-18-17(23-20-16)14-5-3-2-4-6-14/h2-6,11-13H,7-10H2,1H3. The van der Waals surface area contributed by atoms with Gasteiger partial charge in [-0.15, -0.1) is 5.10 Å². The first-order valence-corrected chi connectivity index (χ1v) is 9.05. The van der Waals surface area contributed by atoms with E-state index in [2.05, 4.69) is 31.6 Å². The van der Waals surface area contributed by atoms with Gasteiger partial charge < -0.3 is 4.52 Å². The van der Waals surface area contributed by atoms with Gasteiger partial charge in [-0.1, -0.05) is 27.8 Å². The summed E-state index contributed by atoms with van der Waals surface area (Å²) in [6.45, 7) is 4.22. The maximum absolute atomic E-state index is 5.45. The van der Waals surface area contributed by atoms with Crippen molar-refractivity contribution < 1.29 is 4.52 Å². The Morgan fingerprint density at radius 1 is 1.21 bits per heavy atom. The van der Waals surface area contributed by atoms with E-state index in [1.807, 2.05) is 35.7 Å². The lowest BCUT2D eigenvalue weighted by atomic mass is 9.95. The van der Waals surface area contributed by atoms with E-state index in [0.29, 0.717) is 17.9 Å². The molecule has 0 spiro atoms. The highest BCUT2D eigenvalue weighted by atomic mass is 32.1. The van der Waals surface area contributed by atoms with Gasteiger partial charge in [0, 0.05) is 16.9 Å². The van der Waals surface area contributed by atoms with Crippen LogP contribution in [0, 0.1) is 0 Å². The molecule has 0 radical (unpaired) electrons. The molecule has 1 aliphatic heterocycles. The predicted molar refractivity (Wildman–Crippen MR) is 91.6 cm³/mol. The van der Waals surface area contributed by atoms with Crippen LogP contribution in [0.4, 0.5) is 0 Å². The smallest absolute Gasteiger partial charge is 0.257 e. The van der Waals surface area contributed by atoms with Gasteiger partial charge >= 0.3 is 0 Å². The number of hydrogen-bond acceptors (Lipinski definition) is 7. The zero-order valence-electron chi connectivity index (χ0n) is 13.5. The van der Waals surface area contributed by atoms with Crippen molar-refractivity contribution >= 4 is 11.5 Å². The number of piperidine rings is 1. The van der Waals surface area contributed by atoms with Crippen molar-refractivity contribution in [3.63, 3.8) is 0 Å². The van der Waals surface area contributed by atoms with Crippen LogP contribution in [0.1, 0.15) is 43.2 Å². The largest absolute Gasteiger partial charge is 0.334 e. The highest BCUT2D eigenvalue weighted by molar-refractivity contribution is 7.03. The van der Waals surface area contributed by atoms with E-state index in [1.54, 1.807) is 0 Å². The molecule has 0 aliphatic carbocycles. The maximum Gasteiger partial charge on any atom is 0.257 e. The van der Waals surface area contributed by atoms with Gasteiger partial charge in [0.15, 0.2) is 5.82 Å². The zero-order valence-corrected chi connectivity index (χ0v) is 14.3. The normalized spacial score (nSPS) is 17.9. The predicted octanol–water partition coefficient (Wildman–Crippen LogP) is 3.53. The van der Waals surface area contributed by atoms with Gasteiger partial charge in [-0.2, -0.15) is 4.98 Å². The van der Waals surface area contributed by atoms with Gasteiger partial charge in [0.05, 0.1) is 11.7 Å². The SMILES string of the molecule is CC(c1csnn1)N1CCC(c2noc(-c3ccccc3)n2)CC1. The Hall–Kier alpha value is -2.12. The molecular formula is C17H19N5OS. The van der Waals surface area contributed by atoms with Crippen LogP contribution in [-0.4, -0.2) is 37.7 Å². The van der Waals surface area contributed by atoms with Crippen molar-refractivity contribution in [2.45, 2.75) is 31.7 Å². The Labute approximate surface area is 144 Å². The summed E-state index contributed by atoms with van der Waals surface area (Å²) in [4.78, 5) is 7.06. The van der Waals surface area contributed by atoms with E-state index < -0.39 is 0 Å². The lowest BCUT2D eigenvalue weighted by Gasteiger charge is -2.34. The number of aromatic nitrogens is 4. The van der Waals surface area contributed by atoms with Crippen LogP contribution in [0.15, 0.2) is 40.2 Å². The summed E-state index contributed by atoms with van der Waals surface area (Å²) in [6, 6.07) is 10.2. The molecule has 1 atom stereocenters. The third kappa shape index (κ3) is 3.09. The molecule has 24 heavy (non-hydrogen) atoms. The maximum atomic E-state index is 5.45. The summed E-state index contributed by atoms with van der Waals surface area (Å²) in [5.74, 6) is 1.80. The molecule has 0 amide bonds. The molecule has 6 nitrogen and oxygen atoms in total. The van der Waals surface area contributed by atoms with Crippen LogP contribution < -0.4 is 0 Å². The quantitative estimate of drug-likeness (QED) is 0.723. The van der Waals surface area contributed by atoms with Crippen LogP contribution in [-0.2, 0) is 0 Å². The number of nitrogens with zero attached hydrogens (tertiary/aromatic N) is 5. The van der Waals surface area contributed by atoms with Gasteiger partial charge in [-0.25, -0.2) is 0 Å². The molecule has 0 saturated carbocycles. The Morgan fingerprint density at radius 3 is 2.71 bits per heavy atom. The minimum absolute atomic E-state index is 0.315. The molecule has 1 aliphatic rings. The van der Waals surface area contributed by atoms with E-state index >= 15 is 0 Å². The molecular weight excluding hydrogens is 322 g/mol. The van der Waals surface area contributed by atoms with Gasteiger partial charge in [0.25, 0.3) is 5.89 Å². The first-order valence-electron chi connectivity index (χ1n) is 8.21. The van der Waals surface area contributed by atoms with Crippen molar-refractivity contribution in [1.29, 1.82) is 0 Å². The first-order chi connectivity index (χ1) is 11.8. The van der Waals surface area contributed by atoms with Crippen molar-refractivity contribution in [3.05, 3.63) is 47.2 Å². The third-order valence-electron chi connectivity index (χ3n) is 4.71. The average molecular weight is 341 g/mol. The molecule has 1 saturated heterocycles. The monoisotopic (exact) mass is 341 g/mol. The second kappa shape index (κ2) is 6.78. The molecule has 0 bridgehead atoms. The average Bonchev–Trinajstić information content (AvgIpc) is 3.34. The Kier molecular flexibility index (Phi) is 4.36. The summed E-state index contributed by atoms with van der Waals surface area (Å²) in [5.41, 5.74) is 2.03. The first kappa shape index (κ1) is 15.4. The summed E-state index contributed by atoms with van der Waals surface area (Å²) in [7, 11) is 0. The van der Waals surface area contributed by atoms with E-state index in [9.17, 15) is 0 Å². The highest BCUT2D eigenvalue weighted by Crippen LogP contribution is 2.31. The fourth-order valence-corrected chi connectivity index (χ4v) is 3.73. The van der Waals surface area contributed by atoms with Crippen molar-refractivity contribution in [2.75, 3.05) is 13.1 Å². The Morgan fingerprint density at radius 2 is 2.00 bits per heavy atom. The van der Waals surface area contributed by atoms with Crippen molar-refractivity contribution in [1.82, 2.24) is 24.6 Å². The lowest BCUT2D eigenvalue weighted by molar-refractivity contribution is 0.157. The third-order valence-corrected chi connectivity index (χ3v) is 5.23. The molecule has 124 valence electrons. The van der Waals surface area contributed by atoms with Gasteiger partial charge in [0.1, 0.15) is 0 Å². The minimum atomic E-state index is 0.315. The summed E-state index contributed by atoms with van der Waals surface area (Å²) in [5, 5.41) is 10.4. The second-order valence-electron chi connectivity index (χ2n) is 6.14. The van der Waals surface area contributed by atoms with E-state index in [4.69, 9.17) is 4.52 Å². The fraction of sp³-hybridized carbons (Fsp3) is 0.412. The van der Waals surface area contributed by atoms with Crippen molar-refractivity contribution in [2.24, 2.45) is 0 Å². The van der Waals surface area contributed by atoms with Crippen LogP contribution >= 0.6 is 11.5 Å². The van der Waals surface area contributed by atoms with Crippen LogP contribution in [0.2, 0.25) is 0 Å². The van der Waals surface area contributed by atoms with Gasteiger partial charge in [-0.05, 0) is 56.5 Å². The Balaban J connectivity index is 1.40. The molecule has 1 fully saturated rings. The summed E-state index contributed by atoms with van der Waals surface area (Å²) in [6.07, 6.45) is 2.07. The number of hydrogen-bond donors (Lipinski definition) is 0. The zero-order chi connectivity index (χ0) is 16.4. The Bertz CT molecular complexity index is 765. The van der Waals surface area contributed by atoms with Gasteiger partial charge in [-0.3, -0.25) is 4.90 Å². The summed E-state index contributed by atoms with van der Waals surface area (Å²) >= 11 is 1.41. The highest BCUT2D eigenvalue weighted by Gasteiger charge is 2.28. The number of likely N-dealkylation sites (tertiary alicyclic amines) is 1. The van der Waals surface area contributed by atoms with E-state index in [1.165, 1.54) is 11.5 Å².